The van der Waals surface area contributed by atoms with Gasteiger partial charge in [0.05, 0.1) is 17.9 Å². The molecule has 1 aliphatic rings. The van der Waals surface area contributed by atoms with Crippen molar-refractivity contribution in [3.63, 3.8) is 0 Å². The SMILES string of the molecule is CC(C)n1cc(NN([C@@H]2CCCN(C)C2)S(=O)O)cn1. The standard InChI is InChI=1S/C12H23N5O2S/c1-10(2)16-8-11(7-13-16)14-17(20(18)19)12-5-4-6-15(3)9-12/h7-8,10,12,14H,4-6,9H2,1-3H3,(H,18,19)/t12-/m1/s1. The second-order valence-electron chi connectivity index (χ2n) is 5.53. The van der Waals surface area contributed by atoms with Crippen molar-refractivity contribution >= 4 is 17.0 Å². The molecule has 7 nitrogen and oxygen atoms in total. The topological polar surface area (TPSA) is 73.6 Å². The van der Waals surface area contributed by atoms with Crippen molar-refractivity contribution < 1.29 is 8.76 Å². The fourth-order valence-corrected chi connectivity index (χ4v) is 3.00. The van der Waals surface area contributed by atoms with E-state index in [4.69, 9.17) is 0 Å². The summed E-state index contributed by atoms with van der Waals surface area (Å²) in [5.74, 6) is 0. The number of piperidine rings is 1. The van der Waals surface area contributed by atoms with Crippen LogP contribution in [0.1, 0.15) is 32.7 Å². The maximum atomic E-state index is 11.6. The van der Waals surface area contributed by atoms with Gasteiger partial charge in [-0.05, 0) is 40.3 Å². The van der Waals surface area contributed by atoms with Crippen LogP contribution in [0.5, 0.6) is 0 Å². The quantitative estimate of drug-likeness (QED) is 0.634. The maximum Gasteiger partial charge on any atom is 0.253 e. The predicted molar refractivity (Wildman–Crippen MR) is 79.4 cm³/mol. The fraction of sp³-hybridized carbons (Fsp3) is 0.750. The van der Waals surface area contributed by atoms with Crippen molar-refractivity contribution in [3.05, 3.63) is 12.4 Å². The molecule has 1 aliphatic heterocycles. The van der Waals surface area contributed by atoms with Crippen LogP contribution >= 0.6 is 0 Å². The first-order chi connectivity index (χ1) is 9.47. The largest absolute Gasteiger partial charge is 0.305 e. The summed E-state index contributed by atoms with van der Waals surface area (Å²) >= 11 is -2.06. The monoisotopic (exact) mass is 301 g/mol. The van der Waals surface area contributed by atoms with Crippen molar-refractivity contribution in [1.29, 1.82) is 0 Å². The highest BCUT2D eigenvalue weighted by atomic mass is 32.2. The number of nitrogens with one attached hydrogen (secondary N) is 1. The van der Waals surface area contributed by atoms with Gasteiger partial charge in [0.2, 0.25) is 0 Å². The number of aromatic nitrogens is 2. The molecule has 114 valence electrons. The molecule has 0 saturated carbocycles. The number of hydrogen-bond acceptors (Lipinski definition) is 4. The zero-order valence-electron chi connectivity index (χ0n) is 12.2. The van der Waals surface area contributed by atoms with Crippen LogP contribution in [0, 0.1) is 0 Å². The van der Waals surface area contributed by atoms with E-state index >= 15 is 0 Å². The Morgan fingerprint density at radius 2 is 2.35 bits per heavy atom. The first-order valence-corrected chi connectivity index (χ1v) is 7.93. The number of likely N-dealkylation sites (N-methyl/N-ethyl adjacent to an activating group) is 1. The van der Waals surface area contributed by atoms with E-state index in [0.29, 0.717) is 0 Å². The fourth-order valence-electron chi connectivity index (χ4n) is 2.39. The predicted octanol–water partition coefficient (Wildman–Crippen LogP) is 1.32. The minimum atomic E-state index is -2.06. The van der Waals surface area contributed by atoms with E-state index in [-0.39, 0.29) is 12.1 Å². The highest BCUT2D eigenvalue weighted by Gasteiger charge is 2.27. The van der Waals surface area contributed by atoms with Gasteiger partial charge in [-0.1, -0.05) is 0 Å². The molecule has 0 aliphatic carbocycles. The van der Waals surface area contributed by atoms with E-state index in [2.05, 4.69) is 15.4 Å². The summed E-state index contributed by atoms with van der Waals surface area (Å²) in [4.78, 5) is 2.17. The summed E-state index contributed by atoms with van der Waals surface area (Å²) in [5, 5.41) is 4.22. The Morgan fingerprint density at radius 3 is 2.90 bits per heavy atom. The van der Waals surface area contributed by atoms with E-state index in [1.807, 2.05) is 31.8 Å². The normalized spacial score (nSPS) is 22.4. The molecule has 2 heterocycles. The number of nitrogens with zero attached hydrogens (tertiary/aromatic N) is 4. The van der Waals surface area contributed by atoms with Crippen molar-refractivity contribution in [2.45, 2.75) is 38.8 Å². The van der Waals surface area contributed by atoms with Gasteiger partial charge < -0.3 is 10.3 Å². The molecule has 1 aromatic rings. The molecule has 2 N–H and O–H groups in total. The van der Waals surface area contributed by atoms with Crippen molar-refractivity contribution in [3.8, 4) is 0 Å². The zero-order valence-corrected chi connectivity index (χ0v) is 13.0. The third kappa shape index (κ3) is 3.78. The van der Waals surface area contributed by atoms with Crippen LogP contribution in [0.25, 0.3) is 0 Å². The van der Waals surface area contributed by atoms with E-state index in [0.717, 1.165) is 31.6 Å². The van der Waals surface area contributed by atoms with Gasteiger partial charge in [-0.3, -0.25) is 9.23 Å². The lowest BCUT2D eigenvalue weighted by atomic mass is 10.1. The summed E-state index contributed by atoms with van der Waals surface area (Å²) in [5.41, 5.74) is 3.75. The minimum absolute atomic E-state index is 0.0157. The lowest BCUT2D eigenvalue weighted by Gasteiger charge is -2.35. The molecule has 0 aromatic carbocycles. The Hall–Kier alpha value is -0.960. The molecule has 1 unspecified atom stereocenters. The summed E-state index contributed by atoms with van der Waals surface area (Å²) in [6.07, 6.45) is 5.45. The lowest BCUT2D eigenvalue weighted by Crippen LogP contribution is -2.49. The number of hydrogen-bond donors (Lipinski definition) is 2. The molecule has 0 amide bonds. The molecule has 8 heteroatoms. The van der Waals surface area contributed by atoms with Crippen LogP contribution in [0.2, 0.25) is 0 Å². The maximum absolute atomic E-state index is 11.6. The van der Waals surface area contributed by atoms with Crippen LogP contribution in [-0.4, -0.2) is 54.0 Å². The van der Waals surface area contributed by atoms with Gasteiger partial charge in [0, 0.05) is 18.8 Å². The van der Waals surface area contributed by atoms with E-state index in [1.165, 1.54) is 4.41 Å². The molecule has 1 saturated heterocycles. The highest BCUT2D eigenvalue weighted by Crippen LogP contribution is 2.18. The molecule has 2 atom stereocenters. The summed E-state index contributed by atoms with van der Waals surface area (Å²) in [7, 11) is 2.03. The summed E-state index contributed by atoms with van der Waals surface area (Å²) in [6.45, 7) is 5.88. The lowest BCUT2D eigenvalue weighted by molar-refractivity contribution is 0.185. The number of likely N-dealkylation sites (tertiary alicyclic amines) is 1. The average molecular weight is 301 g/mol. The van der Waals surface area contributed by atoms with Gasteiger partial charge in [-0.25, -0.2) is 4.21 Å². The number of rotatable bonds is 5. The Kier molecular flexibility index (Phi) is 5.14. The Balaban J connectivity index is 2.06. The van der Waals surface area contributed by atoms with Gasteiger partial charge in [-0.15, -0.1) is 4.41 Å². The summed E-state index contributed by atoms with van der Waals surface area (Å²) in [6, 6.07) is 0.279. The van der Waals surface area contributed by atoms with Crippen LogP contribution in [0.4, 0.5) is 5.69 Å². The van der Waals surface area contributed by atoms with Crippen LogP contribution in [0.15, 0.2) is 12.4 Å². The highest BCUT2D eigenvalue weighted by molar-refractivity contribution is 7.76. The third-order valence-electron chi connectivity index (χ3n) is 3.47. The summed E-state index contributed by atoms with van der Waals surface area (Å²) < 4.78 is 24.3. The van der Waals surface area contributed by atoms with Crippen molar-refractivity contribution in [2.24, 2.45) is 0 Å². The molecular weight excluding hydrogens is 278 g/mol. The van der Waals surface area contributed by atoms with Gasteiger partial charge in [0.15, 0.2) is 0 Å². The zero-order chi connectivity index (χ0) is 14.7. The van der Waals surface area contributed by atoms with Gasteiger partial charge >= 0.3 is 0 Å². The van der Waals surface area contributed by atoms with Crippen molar-refractivity contribution in [2.75, 3.05) is 25.6 Å². The second kappa shape index (κ2) is 6.66. The molecule has 0 spiro atoms. The number of anilines is 1. The Bertz CT molecular complexity index is 464. The van der Waals surface area contributed by atoms with E-state index < -0.39 is 11.3 Å². The van der Waals surface area contributed by atoms with Gasteiger partial charge in [0.25, 0.3) is 11.3 Å². The molecule has 1 aromatic heterocycles. The van der Waals surface area contributed by atoms with Gasteiger partial charge in [-0.2, -0.15) is 5.10 Å². The van der Waals surface area contributed by atoms with Gasteiger partial charge in [0.1, 0.15) is 0 Å². The van der Waals surface area contributed by atoms with Crippen molar-refractivity contribution in [1.82, 2.24) is 19.1 Å². The molecular formula is C12H23N5O2S. The van der Waals surface area contributed by atoms with Crippen LogP contribution in [-0.2, 0) is 11.3 Å². The average Bonchev–Trinajstić information content (AvgIpc) is 2.84. The van der Waals surface area contributed by atoms with E-state index in [1.54, 1.807) is 6.20 Å². The molecule has 0 bridgehead atoms. The first-order valence-electron chi connectivity index (χ1n) is 6.87. The molecule has 0 radical (unpaired) electrons. The molecule has 1 fully saturated rings. The smallest absolute Gasteiger partial charge is 0.253 e. The first kappa shape index (κ1) is 15.4. The molecule has 20 heavy (non-hydrogen) atoms. The van der Waals surface area contributed by atoms with Crippen LogP contribution in [0.3, 0.4) is 0 Å². The third-order valence-corrected chi connectivity index (χ3v) is 4.20. The molecule has 2 rings (SSSR count). The Morgan fingerprint density at radius 1 is 1.60 bits per heavy atom. The minimum Gasteiger partial charge on any atom is -0.305 e. The number of hydrazine groups is 1. The van der Waals surface area contributed by atoms with Crippen LogP contribution < -0.4 is 5.43 Å². The van der Waals surface area contributed by atoms with E-state index in [9.17, 15) is 8.76 Å². The Labute approximate surface area is 122 Å². The second-order valence-corrected chi connectivity index (χ2v) is 6.38.